The van der Waals surface area contributed by atoms with Gasteiger partial charge < -0.3 is 5.32 Å². The fourth-order valence-corrected chi connectivity index (χ4v) is 0.250. The molecule has 0 atom stereocenters. The van der Waals surface area contributed by atoms with Crippen LogP contribution in [0.4, 0.5) is 14.1 Å². The highest BCUT2D eigenvalue weighted by molar-refractivity contribution is 7.59. The molecule has 1 N–H and O–H groups in total. The Hall–Kier alpha value is 0.100. The maximum absolute atomic E-state index is 3.11. The van der Waals surface area contributed by atoms with E-state index in [1.165, 1.54) is 0 Å². The number of rotatable bonds is 2. The molecule has 0 aliphatic carbocycles. The molecule has 0 rings (SSSR count). The Kier molecular flexibility index (Phi) is 168. The van der Waals surface area contributed by atoms with Crippen molar-refractivity contribution >= 4 is 13.5 Å². The summed E-state index contributed by atoms with van der Waals surface area (Å²) in [5, 5.41) is 3.11. The van der Waals surface area contributed by atoms with Gasteiger partial charge in [0.25, 0.3) is 0 Å². The van der Waals surface area contributed by atoms with E-state index in [-0.39, 0.29) is 27.6 Å². The minimum Gasteiger partial charge on any atom is -0.317 e. The molecule has 0 saturated heterocycles. The smallest absolute Gasteiger partial charge is 0.00775 e. The molecule has 5 heteroatoms. The molecule has 0 unspecified atom stereocenters. The third kappa shape index (κ3) is 68.3. The van der Waals surface area contributed by atoms with Gasteiger partial charge in [0.1, 0.15) is 0 Å². The highest BCUT2D eigenvalue weighted by Crippen LogP contribution is 1.47. The quantitative estimate of drug-likeness (QED) is 0.651. The van der Waals surface area contributed by atoms with Crippen LogP contribution in [0.3, 0.4) is 0 Å². The summed E-state index contributed by atoms with van der Waals surface area (Å²) in [4.78, 5) is 0. The Labute approximate surface area is 60.8 Å². The van der Waals surface area contributed by atoms with Gasteiger partial charge in [0, 0.05) is 0 Å². The Morgan fingerprint density at radius 1 is 0.889 bits per heavy atom. The molecule has 0 aliphatic rings. The van der Waals surface area contributed by atoms with Crippen LogP contribution < -0.4 is 5.32 Å². The van der Waals surface area contributed by atoms with Crippen LogP contribution in [-0.4, -0.2) is 13.1 Å². The SMILES string of the molecule is CCNCC.F.F.F.S. The first-order valence-electron chi connectivity index (χ1n) is 2.12. The van der Waals surface area contributed by atoms with Crippen molar-refractivity contribution in [3.8, 4) is 0 Å². The van der Waals surface area contributed by atoms with Crippen LogP contribution in [0.5, 0.6) is 0 Å². The molecule has 0 aromatic carbocycles. The first kappa shape index (κ1) is 35.5. The highest BCUT2D eigenvalue weighted by atomic mass is 32.1. The normalized spacial score (nSPS) is 4.67. The van der Waals surface area contributed by atoms with E-state index < -0.39 is 0 Å². The van der Waals surface area contributed by atoms with E-state index in [4.69, 9.17) is 0 Å². The molecule has 1 nitrogen and oxygen atoms in total. The van der Waals surface area contributed by atoms with Crippen LogP contribution in [0.15, 0.2) is 0 Å². The van der Waals surface area contributed by atoms with Crippen molar-refractivity contribution in [3.05, 3.63) is 0 Å². The third-order valence-corrected chi connectivity index (χ3v) is 0.500. The predicted octanol–water partition coefficient (Wildman–Crippen LogP) is 1.19. The standard InChI is InChI=1S/C4H11N.3FH.H2S/c1-3-5-4-2;;;;/h5H,3-4H2,1-2H3;3*1H;1H2. The number of halogens is 3. The molecule has 0 amide bonds. The number of hydrogen-bond acceptors (Lipinski definition) is 1. The van der Waals surface area contributed by atoms with E-state index in [9.17, 15) is 0 Å². The molecule has 0 aliphatic heterocycles. The van der Waals surface area contributed by atoms with Gasteiger partial charge in [-0.25, -0.2) is 0 Å². The maximum Gasteiger partial charge on any atom is -0.00775 e. The van der Waals surface area contributed by atoms with Gasteiger partial charge in [0.05, 0.1) is 0 Å². The highest BCUT2D eigenvalue weighted by Gasteiger charge is 1.62. The minimum absolute atomic E-state index is 0. The Balaban J connectivity index is -0.0000000133. The van der Waals surface area contributed by atoms with Crippen LogP contribution in [0.25, 0.3) is 0 Å². The second-order valence-electron chi connectivity index (χ2n) is 0.957. The van der Waals surface area contributed by atoms with E-state index in [0.717, 1.165) is 13.1 Å². The van der Waals surface area contributed by atoms with Gasteiger partial charge in [-0.15, -0.1) is 0 Å². The zero-order chi connectivity index (χ0) is 4.12. The molecule has 0 aromatic rings. The van der Waals surface area contributed by atoms with Gasteiger partial charge in [-0.05, 0) is 13.1 Å². The average Bonchev–Trinajstić information content (AvgIpc) is 1.41. The van der Waals surface area contributed by atoms with Crippen LogP contribution in [0.1, 0.15) is 13.8 Å². The van der Waals surface area contributed by atoms with Crippen molar-refractivity contribution in [1.82, 2.24) is 5.32 Å². The van der Waals surface area contributed by atoms with Crippen LogP contribution in [0.2, 0.25) is 0 Å². The summed E-state index contributed by atoms with van der Waals surface area (Å²) >= 11 is 0. The van der Waals surface area contributed by atoms with Crippen LogP contribution in [-0.2, 0) is 0 Å². The summed E-state index contributed by atoms with van der Waals surface area (Å²) < 4.78 is 0. The van der Waals surface area contributed by atoms with Gasteiger partial charge in [-0.2, -0.15) is 13.5 Å². The Morgan fingerprint density at radius 3 is 1.11 bits per heavy atom. The van der Waals surface area contributed by atoms with Crippen molar-refractivity contribution in [2.24, 2.45) is 0 Å². The fourth-order valence-electron chi connectivity index (χ4n) is 0.250. The van der Waals surface area contributed by atoms with Gasteiger partial charge >= 0.3 is 0 Å². The molecule has 0 aromatic heterocycles. The molecule has 0 bridgehead atoms. The molecular formula is C4H16F3NS. The molecule has 0 saturated carbocycles. The number of hydrogen-bond donors (Lipinski definition) is 1. The summed E-state index contributed by atoms with van der Waals surface area (Å²) in [5.74, 6) is 0. The van der Waals surface area contributed by atoms with Crippen molar-refractivity contribution < 1.29 is 14.1 Å². The van der Waals surface area contributed by atoms with Gasteiger partial charge in [0.2, 0.25) is 0 Å². The van der Waals surface area contributed by atoms with E-state index in [2.05, 4.69) is 19.2 Å². The van der Waals surface area contributed by atoms with Crippen molar-refractivity contribution in [3.63, 3.8) is 0 Å². The molecule has 64 valence electrons. The van der Waals surface area contributed by atoms with Crippen LogP contribution in [0, 0.1) is 0 Å². The lowest BCUT2D eigenvalue weighted by atomic mass is 10.7. The second-order valence-corrected chi connectivity index (χ2v) is 0.957. The largest absolute Gasteiger partial charge is 0.317 e. The van der Waals surface area contributed by atoms with Gasteiger partial charge in [0.15, 0.2) is 0 Å². The summed E-state index contributed by atoms with van der Waals surface area (Å²) in [6.45, 7) is 6.39. The predicted molar refractivity (Wildman–Crippen MR) is 42.1 cm³/mol. The van der Waals surface area contributed by atoms with Crippen molar-refractivity contribution in [2.45, 2.75) is 13.8 Å². The summed E-state index contributed by atoms with van der Waals surface area (Å²) in [6.07, 6.45) is 0. The zero-order valence-corrected chi connectivity index (χ0v) is 6.64. The van der Waals surface area contributed by atoms with E-state index in [1.807, 2.05) is 0 Å². The summed E-state index contributed by atoms with van der Waals surface area (Å²) in [7, 11) is 0. The monoisotopic (exact) mass is 167 g/mol. The van der Waals surface area contributed by atoms with Gasteiger partial charge in [-0.3, -0.25) is 14.1 Å². The van der Waals surface area contributed by atoms with E-state index >= 15 is 0 Å². The van der Waals surface area contributed by atoms with Crippen molar-refractivity contribution in [1.29, 1.82) is 0 Å². The molecule has 0 fully saturated rings. The lowest BCUT2D eigenvalue weighted by Crippen LogP contribution is -2.09. The molecule has 9 heavy (non-hydrogen) atoms. The van der Waals surface area contributed by atoms with Crippen LogP contribution >= 0.6 is 13.5 Å². The lowest BCUT2D eigenvalue weighted by Gasteiger charge is -1.86. The first-order valence-corrected chi connectivity index (χ1v) is 2.12. The van der Waals surface area contributed by atoms with Gasteiger partial charge in [-0.1, -0.05) is 13.8 Å². The topological polar surface area (TPSA) is 12.0 Å². The molecule has 0 spiro atoms. The van der Waals surface area contributed by atoms with Crippen molar-refractivity contribution in [2.75, 3.05) is 13.1 Å². The second kappa shape index (κ2) is 42.5. The number of nitrogens with one attached hydrogen (secondary N) is 1. The third-order valence-electron chi connectivity index (χ3n) is 0.500. The maximum atomic E-state index is 3.11. The molecule has 0 radical (unpaired) electrons. The molecule has 0 heterocycles. The fraction of sp³-hybridized carbons (Fsp3) is 1.00. The average molecular weight is 167 g/mol. The Bertz CT molecular complexity index is 23.3. The molecular weight excluding hydrogens is 151 g/mol. The lowest BCUT2D eigenvalue weighted by molar-refractivity contribution is 0.762. The first-order chi connectivity index (χ1) is 2.41. The Morgan fingerprint density at radius 2 is 1.11 bits per heavy atom. The minimum atomic E-state index is 0. The van der Waals surface area contributed by atoms with E-state index in [0.29, 0.717) is 0 Å². The van der Waals surface area contributed by atoms with E-state index in [1.54, 1.807) is 0 Å². The summed E-state index contributed by atoms with van der Waals surface area (Å²) in [6, 6.07) is 0. The zero-order valence-electron chi connectivity index (χ0n) is 5.64. The summed E-state index contributed by atoms with van der Waals surface area (Å²) in [5.41, 5.74) is 0.